The number of aryl methyl sites for hydroxylation is 1. The van der Waals surface area contributed by atoms with Crippen molar-refractivity contribution in [2.75, 3.05) is 11.9 Å². The first-order valence-corrected chi connectivity index (χ1v) is 8.77. The van der Waals surface area contributed by atoms with E-state index < -0.39 is 11.7 Å². The lowest BCUT2D eigenvalue weighted by Gasteiger charge is -2.19. The molecular formula is C21H27NO4. The van der Waals surface area contributed by atoms with Crippen molar-refractivity contribution in [3.8, 4) is 5.75 Å². The topological polar surface area (TPSA) is 67.8 Å². The average molecular weight is 357 g/mol. The van der Waals surface area contributed by atoms with Crippen LogP contribution in [0.15, 0.2) is 48.5 Å². The molecule has 0 saturated heterocycles. The van der Waals surface area contributed by atoms with Gasteiger partial charge in [0.05, 0.1) is 0 Å². The van der Waals surface area contributed by atoms with Crippen molar-refractivity contribution < 1.29 is 19.4 Å². The Kier molecular flexibility index (Phi) is 7.04. The predicted octanol–water partition coefficient (Wildman–Crippen LogP) is 4.54. The second kappa shape index (κ2) is 9.25. The van der Waals surface area contributed by atoms with E-state index in [9.17, 15) is 4.79 Å². The van der Waals surface area contributed by atoms with Crippen molar-refractivity contribution in [3.63, 3.8) is 0 Å². The van der Waals surface area contributed by atoms with Crippen LogP contribution in [0, 0.1) is 0 Å². The zero-order chi connectivity index (χ0) is 19.0. The average Bonchev–Trinajstić information content (AvgIpc) is 2.58. The summed E-state index contributed by atoms with van der Waals surface area (Å²) in [5.41, 5.74) is 2.39. The summed E-state index contributed by atoms with van der Waals surface area (Å²) in [6, 6.07) is 15.3. The smallest absolute Gasteiger partial charge is 0.412 e. The van der Waals surface area contributed by atoms with Gasteiger partial charge in [0.25, 0.3) is 0 Å². The number of anilines is 1. The van der Waals surface area contributed by atoms with Crippen LogP contribution >= 0.6 is 0 Å². The molecule has 0 heterocycles. The summed E-state index contributed by atoms with van der Waals surface area (Å²) in [5, 5.41) is 11.6. The number of amides is 1. The van der Waals surface area contributed by atoms with Crippen LogP contribution in [0.2, 0.25) is 0 Å². The molecule has 0 aliphatic carbocycles. The number of hydrogen-bond acceptors (Lipinski definition) is 4. The molecule has 26 heavy (non-hydrogen) atoms. The minimum atomic E-state index is -0.529. The van der Waals surface area contributed by atoms with Crippen molar-refractivity contribution in [3.05, 3.63) is 59.7 Å². The maximum absolute atomic E-state index is 11.8. The van der Waals surface area contributed by atoms with E-state index in [1.165, 1.54) is 5.56 Å². The fourth-order valence-corrected chi connectivity index (χ4v) is 2.38. The number of ether oxygens (including phenoxy) is 2. The van der Waals surface area contributed by atoms with Crippen LogP contribution in [-0.2, 0) is 17.8 Å². The van der Waals surface area contributed by atoms with E-state index in [0.717, 1.165) is 24.2 Å². The van der Waals surface area contributed by atoms with E-state index in [1.807, 2.05) is 45.0 Å². The fourth-order valence-electron chi connectivity index (χ4n) is 2.38. The molecule has 0 saturated carbocycles. The summed E-state index contributed by atoms with van der Waals surface area (Å²) < 4.78 is 11.0. The van der Waals surface area contributed by atoms with Gasteiger partial charge in [-0.2, -0.15) is 0 Å². The normalized spacial score (nSPS) is 11.1. The van der Waals surface area contributed by atoms with Gasteiger partial charge in [-0.05, 0) is 69.0 Å². The minimum Gasteiger partial charge on any atom is -0.489 e. The van der Waals surface area contributed by atoms with E-state index in [4.69, 9.17) is 14.6 Å². The van der Waals surface area contributed by atoms with Gasteiger partial charge in [0.15, 0.2) is 0 Å². The molecule has 0 aliphatic rings. The van der Waals surface area contributed by atoms with Crippen molar-refractivity contribution in [1.82, 2.24) is 0 Å². The number of carbonyl (C=O) groups is 1. The highest BCUT2D eigenvalue weighted by molar-refractivity contribution is 5.84. The molecule has 1 amide bonds. The van der Waals surface area contributed by atoms with Crippen molar-refractivity contribution >= 4 is 11.8 Å². The van der Waals surface area contributed by atoms with Crippen LogP contribution in [-0.4, -0.2) is 23.4 Å². The number of aliphatic hydroxyl groups excluding tert-OH is 1. The monoisotopic (exact) mass is 357 g/mol. The van der Waals surface area contributed by atoms with E-state index in [1.54, 1.807) is 12.1 Å². The molecule has 5 nitrogen and oxygen atoms in total. The third kappa shape index (κ3) is 7.15. The molecule has 2 aromatic rings. The lowest BCUT2D eigenvalue weighted by molar-refractivity contribution is 0.0636. The van der Waals surface area contributed by atoms with Gasteiger partial charge in [0.1, 0.15) is 18.0 Å². The predicted molar refractivity (Wildman–Crippen MR) is 102 cm³/mol. The largest absolute Gasteiger partial charge is 0.489 e. The Morgan fingerprint density at radius 3 is 2.42 bits per heavy atom. The number of nitrogens with one attached hydrogen (secondary N) is 1. The number of rotatable bonds is 7. The Morgan fingerprint density at radius 2 is 1.77 bits per heavy atom. The number of aliphatic hydroxyl groups is 1. The van der Waals surface area contributed by atoms with Crippen molar-refractivity contribution in [2.45, 2.75) is 45.8 Å². The molecule has 5 heteroatoms. The van der Waals surface area contributed by atoms with Crippen LogP contribution in [0.5, 0.6) is 5.75 Å². The minimum absolute atomic E-state index is 0.199. The van der Waals surface area contributed by atoms with Crippen LogP contribution in [0.1, 0.15) is 38.3 Å². The van der Waals surface area contributed by atoms with Gasteiger partial charge in [-0.15, -0.1) is 0 Å². The molecule has 2 N–H and O–H groups in total. The molecule has 0 unspecified atom stereocenters. The fraction of sp³-hybridized carbons (Fsp3) is 0.381. The third-order valence-electron chi connectivity index (χ3n) is 3.52. The van der Waals surface area contributed by atoms with Gasteiger partial charge in [-0.1, -0.05) is 24.3 Å². The Labute approximate surface area is 155 Å². The Bertz CT molecular complexity index is 705. The Hall–Kier alpha value is -2.53. The molecule has 0 aliphatic heterocycles. The molecule has 2 rings (SSSR count). The lowest BCUT2D eigenvalue weighted by Crippen LogP contribution is -2.27. The number of carbonyl (C=O) groups excluding carboxylic acids is 1. The SMILES string of the molecule is CC(C)(C)OC(=O)Nc1ccc(OCc2cccc(CCCO)c2)cc1. The number of hydrogen-bond donors (Lipinski definition) is 2. The summed E-state index contributed by atoms with van der Waals surface area (Å²) >= 11 is 0. The highest BCUT2D eigenvalue weighted by atomic mass is 16.6. The first kappa shape index (κ1) is 19.8. The highest BCUT2D eigenvalue weighted by Gasteiger charge is 2.16. The van der Waals surface area contributed by atoms with Gasteiger partial charge < -0.3 is 14.6 Å². The second-order valence-corrected chi connectivity index (χ2v) is 7.09. The maximum Gasteiger partial charge on any atom is 0.412 e. The Morgan fingerprint density at radius 1 is 1.08 bits per heavy atom. The Balaban J connectivity index is 1.86. The zero-order valence-corrected chi connectivity index (χ0v) is 15.6. The maximum atomic E-state index is 11.8. The summed E-state index contributed by atoms with van der Waals surface area (Å²) in [4.78, 5) is 11.8. The van der Waals surface area contributed by atoms with Crippen LogP contribution in [0.4, 0.5) is 10.5 Å². The molecule has 2 aromatic carbocycles. The van der Waals surface area contributed by atoms with Crippen LogP contribution in [0.3, 0.4) is 0 Å². The van der Waals surface area contributed by atoms with E-state index in [-0.39, 0.29) is 6.61 Å². The van der Waals surface area contributed by atoms with Gasteiger partial charge in [0, 0.05) is 12.3 Å². The van der Waals surface area contributed by atoms with Crippen LogP contribution in [0.25, 0.3) is 0 Å². The van der Waals surface area contributed by atoms with Gasteiger partial charge in [-0.3, -0.25) is 5.32 Å². The standard InChI is InChI=1S/C21H27NO4/c1-21(2,3)26-20(24)22-18-9-11-19(12-10-18)25-15-17-7-4-6-16(14-17)8-5-13-23/h4,6-7,9-12,14,23H,5,8,13,15H2,1-3H3,(H,22,24). The lowest BCUT2D eigenvalue weighted by atomic mass is 10.1. The van der Waals surface area contributed by atoms with E-state index in [0.29, 0.717) is 12.3 Å². The van der Waals surface area contributed by atoms with Crippen LogP contribution < -0.4 is 10.1 Å². The quantitative estimate of drug-likeness (QED) is 0.763. The molecule has 0 bridgehead atoms. The summed E-state index contributed by atoms with van der Waals surface area (Å²) in [6.45, 7) is 6.13. The number of benzene rings is 2. The van der Waals surface area contributed by atoms with Crippen molar-refractivity contribution in [2.24, 2.45) is 0 Å². The molecule has 0 spiro atoms. The molecular weight excluding hydrogens is 330 g/mol. The molecule has 0 aromatic heterocycles. The molecule has 0 fully saturated rings. The molecule has 0 radical (unpaired) electrons. The second-order valence-electron chi connectivity index (χ2n) is 7.09. The zero-order valence-electron chi connectivity index (χ0n) is 15.6. The van der Waals surface area contributed by atoms with Gasteiger partial charge in [-0.25, -0.2) is 4.79 Å². The summed E-state index contributed by atoms with van der Waals surface area (Å²) in [5.74, 6) is 0.723. The highest BCUT2D eigenvalue weighted by Crippen LogP contribution is 2.18. The first-order valence-electron chi connectivity index (χ1n) is 8.77. The van der Waals surface area contributed by atoms with Gasteiger partial charge in [0.2, 0.25) is 0 Å². The third-order valence-corrected chi connectivity index (χ3v) is 3.52. The van der Waals surface area contributed by atoms with E-state index >= 15 is 0 Å². The van der Waals surface area contributed by atoms with Crippen molar-refractivity contribution in [1.29, 1.82) is 0 Å². The van der Waals surface area contributed by atoms with Gasteiger partial charge >= 0.3 is 6.09 Å². The molecule has 140 valence electrons. The molecule has 0 atom stereocenters. The first-order chi connectivity index (χ1) is 12.4. The summed E-state index contributed by atoms with van der Waals surface area (Å²) in [7, 11) is 0. The summed E-state index contributed by atoms with van der Waals surface area (Å²) in [6.07, 6.45) is 1.14. The van der Waals surface area contributed by atoms with E-state index in [2.05, 4.69) is 17.4 Å².